The molecule has 11 unspecified atom stereocenters. The molecule has 0 aromatic carbocycles. The van der Waals surface area contributed by atoms with Crippen molar-refractivity contribution in [1.29, 1.82) is 0 Å². The summed E-state index contributed by atoms with van der Waals surface area (Å²) in [6, 6.07) is 0. The fraction of sp³-hybridized carbons (Fsp3) is 0.968. The van der Waals surface area contributed by atoms with Gasteiger partial charge in [-0.25, -0.2) is 0 Å². The van der Waals surface area contributed by atoms with Crippen molar-refractivity contribution in [3.8, 4) is 0 Å². The highest BCUT2D eigenvalue weighted by molar-refractivity contribution is 5.78. The van der Waals surface area contributed by atoms with Crippen LogP contribution in [0.15, 0.2) is 0 Å². The van der Waals surface area contributed by atoms with Crippen molar-refractivity contribution in [2.75, 3.05) is 13.2 Å². The average Bonchev–Trinajstić information content (AvgIpc) is 3.43. The van der Waals surface area contributed by atoms with Crippen LogP contribution in [-0.2, 0) is 19.0 Å². The van der Waals surface area contributed by atoms with Gasteiger partial charge in [0.2, 0.25) is 0 Å². The van der Waals surface area contributed by atoms with Gasteiger partial charge in [-0.3, -0.25) is 4.79 Å². The van der Waals surface area contributed by atoms with E-state index in [0.717, 1.165) is 37.5 Å². The normalized spacial score (nSPS) is 53.6. The lowest BCUT2D eigenvalue weighted by Crippen LogP contribution is -2.61. The number of esters is 1. The highest BCUT2D eigenvalue weighted by Gasteiger charge is 2.66. The van der Waals surface area contributed by atoms with Crippen molar-refractivity contribution < 1.29 is 24.1 Å². The van der Waals surface area contributed by atoms with E-state index >= 15 is 0 Å². The largest absolute Gasteiger partial charge is 0.462 e. The molecule has 5 heteroatoms. The van der Waals surface area contributed by atoms with Crippen LogP contribution in [0.2, 0.25) is 0 Å². The first-order valence-corrected chi connectivity index (χ1v) is 15.2. The minimum absolute atomic E-state index is 0.0507. The standard InChI is InChI=1S/C31H50O5/c1-19-22-10-14-30(5)23-11-16-31(27(33)34-17-20-18-35-28(2,3)36-20)13-6-7-24(31)21(23)8-9-26(30)29(22,4)15-12-25(19)32/h19-26,32H,6-18H2,1-5H3. The van der Waals surface area contributed by atoms with Gasteiger partial charge in [-0.2, -0.15) is 0 Å². The first kappa shape index (κ1) is 25.6. The van der Waals surface area contributed by atoms with Crippen LogP contribution in [0, 0.1) is 51.8 Å². The van der Waals surface area contributed by atoms with Crippen LogP contribution < -0.4 is 0 Å². The van der Waals surface area contributed by atoms with E-state index in [4.69, 9.17) is 14.2 Å². The summed E-state index contributed by atoms with van der Waals surface area (Å²) >= 11 is 0. The van der Waals surface area contributed by atoms with E-state index in [-0.39, 0.29) is 23.6 Å². The summed E-state index contributed by atoms with van der Waals surface area (Å²) in [6.07, 6.45) is 12.6. The zero-order valence-corrected chi connectivity index (χ0v) is 23.4. The smallest absolute Gasteiger partial charge is 0.312 e. The maximum absolute atomic E-state index is 13.7. The third kappa shape index (κ3) is 3.68. The molecule has 0 amide bonds. The predicted octanol–water partition coefficient (Wildman–Crippen LogP) is 6.12. The van der Waals surface area contributed by atoms with E-state index in [1.807, 2.05) is 13.8 Å². The van der Waals surface area contributed by atoms with Gasteiger partial charge in [0.15, 0.2) is 5.79 Å². The fourth-order valence-corrected chi connectivity index (χ4v) is 11.3. The average molecular weight is 503 g/mol. The fourth-order valence-electron chi connectivity index (χ4n) is 11.3. The van der Waals surface area contributed by atoms with Gasteiger partial charge in [-0.1, -0.05) is 27.2 Å². The van der Waals surface area contributed by atoms with Gasteiger partial charge < -0.3 is 19.3 Å². The number of ether oxygens (including phenoxy) is 3. The Labute approximate surface area is 218 Å². The van der Waals surface area contributed by atoms with Crippen LogP contribution in [0.25, 0.3) is 0 Å². The second-order valence-corrected chi connectivity index (χ2v) is 14.8. The molecule has 6 aliphatic rings. The molecule has 6 rings (SSSR count). The van der Waals surface area contributed by atoms with E-state index in [2.05, 4.69) is 20.8 Å². The zero-order chi connectivity index (χ0) is 25.5. The number of hydrogen-bond donors (Lipinski definition) is 1. The Bertz CT molecular complexity index is 871. The lowest BCUT2D eigenvalue weighted by Gasteiger charge is -2.67. The minimum atomic E-state index is -0.582. The Hall–Kier alpha value is -0.650. The van der Waals surface area contributed by atoms with Crippen molar-refractivity contribution >= 4 is 5.97 Å². The number of carbonyl (C=O) groups excluding carboxylic acids is 1. The lowest BCUT2D eigenvalue weighted by molar-refractivity contribution is -0.202. The summed E-state index contributed by atoms with van der Waals surface area (Å²) < 4.78 is 17.6. The summed E-state index contributed by atoms with van der Waals surface area (Å²) in [5.74, 6) is 3.18. The Morgan fingerprint density at radius 3 is 2.36 bits per heavy atom. The van der Waals surface area contributed by atoms with Gasteiger partial charge in [-0.15, -0.1) is 0 Å². The molecule has 11 atom stereocenters. The quantitative estimate of drug-likeness (QED) is 0.471. The van der Waals surface area contributed by atoms with Crippen LogP contribution >= 0.6 is 0 Å². The molecule has 1 heterocycles. The number of fused-ring (bicyclic) bond motifs is 7. The first-order chi connectivity index (χ1) is 17.0. The number of hydrogen-bond acceptors (Lipinski definition) is 5. The molecule has 0 aromatic rings. The van der Waals surface area contributed by atoms with E-state index in [1.54, 1.807) is 0 Å². The topological polar surface area (TPSA) is 65.0 Å². The highest BCUT2D eigenvalue weighted by Crippen LogP contribution is 2.71. The van der Waals surface area contributed by atoms with Crippen LogP contribution in [0.3, 0.4) is 0 Å². The summed E-state index contributed by atoms with van der Waals surface area (Å²) in [7, 11) is 0. The summed E-state index contributed by atoms with van der Waals surface area (Å²) in [5, 5.41) is 10.6. The second kappa shape index (κ2) is 8.68. The van der Waals surface area contributed by atoms with E-state index < -0.39 is 5.79 Å². The molecule has 5 saturated carbocycles. The molecular weight excluding hydrogens is 452 g/mol. The van der Waals surface area contributed by atoms with Crippen molar-refractivity contribution in [2.45, 2.75) is 123 Å². The molecule has 5 nitrogen and oxygen atoms in total. The number of rotatable bonds is 3. The molecule has 0 spiro atoms. The number of carbonyl (C=O) groups is 1. The van der Waals surface area contributed by atoms with Gasteiger partial charge >= 0.3 is 5.97 Å². The molecule has 1 N–H and O–H groups in total. The molecule has 0 aromatic heterocycles. The Balaban J connectivity index is 1.19. The lowest BCUT2D eigenvalue weighted by atomic mass is 9.37. The Morgan fingerprint density at radius 1 is 0.889 bits per heavy atom. The van der Waals surface area contributed by atoms with Gasteiger partial charge in [0, 0.05) is 0 Å². The minimum Gasteiger partial charge on any atom is -0.462 e. The molecule has 5 aliphatic carbocycles. The second-order valence-electron chi connectivity index (χ2n) is 14.8. The third-order valence-electron chi connectivity index (χ3n) is 12.9. The summed E-state index contributed by atoms with van der Waals surface area (Å²) in [4.78, 5) is 13.7. The molecule has 1 aliphatic heterocycles. The van der Waals surface area contributed by atoms with Crippen LogP contribution in [0.5, 0.6) is 0 Å². The van der Waals surface area contributed by atoms with Gasteiger partial charge in [0.05, 0.1) is 18.1 Å². The SMILES string of the molecule is CC1C(O)CCC2(C)C1CCC1(C)C3CCC4(C(=O)OCC5COC(C)(C)O5)CCCC4C3CCC21. The van der Waals surface area contributed by atoms with Crippen LogP contribution in [0.1, 0.15) is 105 Å². The molecule has 204 valence electrons. The molecule has 0 radical (unpaired) electrons. The monoisotopic (exact) mass is 502 g/mol. The zero-order valence-electron chi connectivity index (χ0n) is 23.4. The Morgan fingerprint density at radius 2 is 1.61 bits per heavy atom. The maximum atomic E-state index is 13.7. The van der Waals surface area contributed by atoms with Crippen LogP contribution in [-0.4, -0.2) is 42.3 Å². The van der Waals surface area contributed by atoms with Crippen molar-refractivity contribution in [2.24, 2.45) is 51.8 Å². The third-order valence-corrected chi connectivity index (χ3v) is 12.9. The highest BCUT2D eigenvalue weighted by atomic mass is 16.7. The number of aliphatic hydroxyl groups is 1. The van der Waals surface area contributed by atoms with Crippen molar-refractivity contribution in [3.63, 3.8) is 0 Å². The predicted molar refractivity (Wildman–Crippen MR) is 138 cm³/mol. The molecule has 36 heavy (non-hydrogen) atoms. The molecular formula is C31H50O5. The molecule has 1 saturated heterocycles. The van der Waals surface area contributed by atoms with E-state index in [1.165, 1.54) is 44.9 Å². The van der Waals surface area contributed by atoms with Gasteiger partial charge in [-0.05, 0) is 124 Å². The van der Waals surface area contributed by atoms with E-state index in [9.17, 15) is 9.90 Å². The maximum Gasteiger partial charge on any atom is 0.312 e. The van der Waals surface area contributed by atoms with Crippen molar-refractivity contribution in [1.82, 2.24) is 0 Å². The summed E-state index contributed by atoms with van der Waals surface area (Å²) in [6.45, 7) is 12.2. The Kier molecular flexibility index (Phi) is 6.18. The van der Waals surface area contributed by atoms with Gasteiger partial charge in [0.25, 0.3) is 0 Å². The number of aliphatic hydroxyl groups excluding tert-OH is 1. The van der Waals surface area contributed by atoms with E-state index in [0.29, 0.717) is 47.7 Å². The van der Waals surface area contributed by atoms with Crippen LogP contribution in [0.4, 0.5) is 0 Å². The summed E-state index contributed by atoms with van der Waals surface area (Å²) in [5.41, 5.74) is 0.455. The molecule has 6 fully saturated rings. The van der Waals surface area contributed by atoms with Gasteiger partial charge in [0.1, 0.15) is 12.7 Å². The molecule has 0 bridgehead atoms. The first-order valence-electron chi connectivity index (χ1n) is 15.2. The van der Waals surface area contributed by atoms with Crippen molar-refractivity contribution in [3.05, 3.63) is 0 Å².